The largest absolute Gasteiger partial charge is 0.381 e. The molecule has 3 atom stereocenters. The molecular formula is C19H23N3O. The van der Waals surface area contributed by atoms with E-state index >= 15 is 0 Å². The van der Waals surface area contributed by atoms with E-state index < -0.39 is 0 Å². The Kier molecular flexibility index (Phi) is 3.02. The van der Waals surface area contributed by atoms with Crippen LogP contribution in [0.3, 0.4) is 0 Å². The molecule has 4 nitrogen and oxygen atoms in total. The van der Waals surface area contributed by atoms with Gasteiger partial charge in [0.25, 0.3) is 0 Å². The quantitative estimate of drug-likeness (QED) is 0.942. The van der Waals surface area contributed by atoms with Crippen molar-refractivity contribution >= 4 is 5.69 Å². The molecule has 2 saturated carbocycles. The molecule has 4 heteroatoms. The minimum atomic E-state index is 0.430. The van der Waals surface area contributed by atoms with Crippen molar-refractivity contribution in [3.63, 3.8) is 0 Å². The SMILES string of the molecule is c1cc(Cn2cccn2)cc(NC2C3CCOC3C23CCC3)c1. The zero-order valence-electron chi connectivity index (χ0n) is 13.3. The van der Waals surface area contributed by atoms with Gasteiger partial charge in [-0.25, -0.2) is 0 Å². The third-order valence-electron chi connectivity index (χ3n) is 6.19. The highest BCUT2D eigenvalue weighted by Gasteiger charge is 2.66. The summed E-state index contributed by atoms with van der Waals surface area (Å²) in [6, 6.07) is 11.4. The fourth-order valence-corrected chi connectivity index (χ4v) is 4.98. The average Bonchev–Trinajstić information content (AvgIpc) is 3.14. The number of nitrogens with one attached hydrogen (secondary N) is 1. The Labute approximate surface area is 136 Å². The Morgan fingerprint density at radius 2 is 2.26 bits per heavy atom. The first-order valence-corrected chi connectivity index (χ1v) is 8.80. The fourth-order valence-electron chi connectivity index (χ4n) is 4.98. The molecule has 3 aliphatic rings. The molecule has 2 heterocycles. The molecule has 0 radical (unpaired) electrons. The molecule has 3 unspecified atom stereocenters. The lowest BCUT2D eigenvalue weighted by molar-refractivity contribution is -0.158. The van der Waals surface area contributed by atoms with Crippen LogP contribution in [0.4, 0.5) is 5.69 Å². The first kappa shape index (κ1) is 13.6. The van der Waals surface area contributed by atoms with Crippen molar-refractivity contribution in [2.75, 3.05) is 11.9 Å². The van der Waals surface area contributed by atoms with E-state index in [4.69, 9.17) is 4.74 Å². The second-order valence-electron chi connectivity index (χ2n) is 7.36. The third-order valence-corrected chi connectivity index (χ3v) is 6.19. The average molecular weight is 309 g/mol. The van der Waals surface area contributed by atoms with Gasteiger partial charge in [0.15, 0.2) is 0 Å². The molecule has 1 aliphatic heterocycles. The van der Waals surface area contributed by atoms with Crippen molar-refractivity contribution in [2.24, 2.45) is 11.3 Å². The van der Waals surface area contributed by atoms with E-state index in [9.17, 15) is 0 Å². The van der Waals surface area contributed by atoms with Crippen molar-refractivity contribution in [3.8, 4) is 0 Å². The van der Waals surface area contributed by atoms with Crippen LogP contribution < -0.4 is 5.32 Å². The van der Waals surface area contributed by atoms with E-state index in [1.165, 1.54) is 36.9 Å². The van der Waals surface area contributed by atoms with Crippen LogP contribution in [-0.2, 0) is 11.3 Å². The number of fused-ring (bicyclic) bond motifs is 2. The summed E-state index contributed by atoms with van der Waals surface area (Å²) in [6.45, 7) is 1.78. The Morgan fingerprint density at radius 3 is 3.04 bits per heavy atom. The van der Waals surface area contributed by atoms with Gasteiger partial charge in [0, 0.05) is 42.1 Å². The van der Waals surface area contributed by atoms with Crippen molar-refractivity contribution in [1.82, 2.24) is 9.78 Å². The molecule has 23 heavy (non-hydrogen) atoms. The van der Waals surface area contributed by atoms with Gasteiger partial charge in [0.2, 0.25) is 0 Å². The molecule has 1 aromatic carbocycles. The first-order chi connectivity index (χ1) is 11.4. The van der Waals surface area contributed by atoms with Gasteiger partial charge >= 0.3 is 0 Å². The highest BCUT2D eigenvalue weighted by atomic mass is 16.5. The van der Waals surface area contributed by atoms with Crippen LogP contribution in [0.2, 0.25) is 0 Å². The number of nitrogens with zero attached hydrogens (tertiary/aromatic N) is 2. The standard InChI is InChI=1S/C19H23N3O/c1-4-14(13-22-10-3-9-20-22)12-15(5-1)21-17-16-6-11-23-18(16)19(17)7-2-8-19/h1,3-5,9-10,12,16-18,21H,2,6-8,11,13H2. The normalized spacial score (nSPS) is 30.5. The second-order valence-corrected chi connectivity index (χ2v) is 7.36. The summed E-state index contributed by atoms with van der Waals surface area (Å²) in [5.74, 6) is 0.713. The van der Waals surface area contributed by atoms with Crippen molar-refractivity contribution in [3.05, 3.63) is 48.3 Å². The van der Waals surface area contributed by atoms with Gasteiger partial charge in [-0.2, -0.15) is 5.10 Å². The molecule has 1 spiro atoms. The van der Waals surface area contributed by atoms with E-state index in [0.29, 0.717) is 23.5 Å². The number of ether oxygens (including phenoxy) is 1. The maximum atomic E-state index is 6.02. The van der Waals surface area contributed by atoms with Crippen LogP contribution in [0.1, 0.15) is 31.2 Å². The molecule has 120 valence electrons. The number of hydrogen-bond acceptors (Lipinski definition) is 3. The Morgan fingerprint density at radius 1 is 1.30 bits per heavy atom. The first-order valence-electron chi connectivity index (χ1n) is 8.80. The van der Waals surface area contributed by atoms with E-state index in [1.807, 2.05) is 23.1 Å². The minimum absolute atomic E-state index is 0.430. The van der Waals surface area contributed by atoms with Gasteiger partial charge in [-0.05, 0) is 43.0 Å². The highest BCUT2D eigenvalue weighted by Crippen LogP contribution is 2.63. The topological polar surface area (TPSA) is 39.1 Å². The number of hydrogen-bond donors (Lipinski definition) is 1. The van der Waals surface area contributed by atoms with E-state index in [2.05, 4.69) is 34.7 Å². The van der Waals surface area contributed by atoms with Crippen LogP contribution in [-0.4, -0.2) is 28.5 Å². The smallest absolute Gasteiger partial charge is 0.0699 e. The predicted octanol–water partition coefficient (Wildman–Crippen LogP) is 3.30. The Bertz CT molecular complexity index is 692. The molecule has 5 rings (SSSR count). The van der Waals surface area contributed by atoms with Gasteiger partial charge in [0.1, 0.15) is 0 Å². The fraction of sp³-hybridized carbons (Fsp3) is 0.526. The number of anilines is 1. The maximum absolute atomic E-state index is 6.02. The van der Waals surface area contributed by atoms with E-state index in [1.54, 1.807) is 0 Å². The number of aromatic nitrogens is 2. The van der Waals surface area contributed by atoms with Gasteiger partial charge in [-0.15, -0.1) is 0 Å². The third kappa shape index (κ3) is 2.04. The van der Waals surface area contributed by atoms with Crippen LogP contribution in [0, 0.1) is 11.3 Å². The zero-order valence-corrected chi connectivity index (χ0v) is 13.3. The van der Waals surface area contributed by atoms with Crippen molar-refractivity contribution < 1.29 is 4.74 Å². The summed E-state index contributed by atoms with van der Waals surface area (Å²) in [5, 5.41) is 8.15. The maximum Gasteiger partial charge on any atom is 0.0699 e. The van der Waals surface area contributed by atoms with Gasteiger partial charge in [-0.1, -0.05) is 18.6 Å². The lowest BCUT2D eigenvalue weighted by atomic mass is 9.46. The molecule has 1 aromatic heterocycles. The van der Waals surface area contributed by atoms with E-state index in [0.717, 1.165) is 13.2 Å². The highest BCUT2D eigenvalue weighted by molar-refractivity contribution is 5.49. The summed E-state index contributed by atoms with van der Waals surface area (Å²) >= 11 is 0. The molecular weight excluding hydrogens is 286 g/mol. The van der Waals surface area contributed by atoms with Crippen LogP contribution in [0.5, 0.6) is 0 Å². The van der Waals surface area contributed by atoms with Crippen LogP contribution in [0.25, 0.3) is 0 Å². The lowest BCUT2D eigenvalue weighted by Gasteiger charge is -2.63. The molecule has 1 saturated heterocycles. The molecule has 2 aliphatic carbocycles. The minimum Gasteiger partial charge on any atom is -0.381 e. The molecule has 2 aromatic rings. The molecule has 1 N–H and O–H groups in total. The zero-order chi connectivity index (χ0) is 15.3. The van der Waals surface area contributed by atoms with Gasteiger partial charge < -0.3 is 10.1 Å². The Balaban J connectivity index is 1.34. The summed E-state index contributed by atoms with van der Waals surface area (Å²) < 4.78 is 7.99. The Hall–Kier alpha value is -1.81. The lowest BCUT2D eigenvalue weighted by Crippen LogP contribution is -2.68. The van der Waals surface area contributed by atoms with Crippen molar-refractivity contribution in [2.45, 2.75) is 44.4 Å². The summed E-state index contributed by atoms with van der Waals surface area (Å²) in [6.07, 6.45) is 9.62. The summed E-state index contributed by atoms with van der Waals surface area (Å²) in [7, 11) is 0. The number of rotatable bonds is 4. The van der Waals surface area contributed by atoms with Gasteiger partial charge in [-0.3, -0.25) is 4.68 Å². The van der Waals surface area contributed by atoms with Crippen LogP contribution >= 0.6 is 0 Å². The summed E-state index contributed by atoms with van der Waals surface area (Å²) in [5.41, 5.74) is 2.97. The monoisotopic (exact) mass is 309 g/mol. The van der Waals surface area contributed by atoms with E-state index in [-0.39, 0.29) is 0 Å². The number of benzene rings is 1. The predicted molar refractivity (Wildman–Crippen MR) is 89.3 cm³/mol. The molecule has 0 amide bonds. The van der Waals surface area contributed by atoms with Gasteiger partial charge in [0.05, 0.1) is 12.6 Å². The summed E-state index contributed by atoms with van der Waals surface area (Å²) in [4.78, 5) is 0. The van der Waals surface area contributed by atoms with Crippen LogP contribution in [0.15, 0.2) is 42.7 Å². The van der Waals surface area contributed by atoms with Crippen molar-refractivity contribution in [1.29, 1.82) is 0 Å². The second kappa shape index (κ2) is 5.10. The molecule has 3 fully saturated rings. The molecule has 0 bridgehead atoms.